The van der Waals surface area contributed by atoms with Gasteiger partial charge in [-0.15, -0.1) is 0 Å². The van der Waals surface area contributed by atoms with E-state index in [0.29, 0.717) is 13.0 Å². The molecule has 0 aromatic heterocycles. The fourth-order valence-corrected chi connectivity index (χ4v) is 1.81. The van der Waals surface area contributed by atoms with E-state index in [2.05, 4.69) is 17.6 Å². The lowest BCUT2D eigenvalue weighted by Gasteiger charge is -2.34. The Morgan fingerprint density at radius 2 is 2.33 bits per heavy atom. The first-order chi connectivity index (χ1) is 7.16. The van der Waals surface area contributed by atoms with Gasteiger partial charge in [-0.05, 0) is 26.3 Å². The number of amides is 1. The summed E-state index contributed by atoms with van der Waals surface area (Å²) in [6.45, 7) is 7.21. The van der Waals surface area contributed by atoms with Crippen LogP contribution in [-0.4, -0.2) is 37.7 Å². The summed E-state index contributed by atoms with van der Waals surface area (Å²) in [6, 6.07) is 0. The van der Waals surface area contributed by atoms with Gasteiger partial charge in [0.2, 0.25) is 5.91 Å². The molecule has 1 aliphatic heterocycles. The highest BCUT2D eigenvalue weighted by atomic mass is 16.5. The molecule has 0 aromatic rings. The molecule has 0 radical (unpaired) electrons. The van der Waals surface area contributed by atoms with E-state index in [1.165, 1.54) is 0 Å². The molecule has 4 nitrogen and oxygen atoms in total. The molecule has 0 aliphatic carbocycles. The molecule has 4 heteroatoms. The fourth-order valence-electron chi connectivity index (χ4n) is 1.81. The SMILES string of the molecule is CCNCCC(=O)NC1(C)CCCOC1. The summed E-state index contributed by atoms with van der Waals surface area (Å²) in [6.07, 6.45) is 2.59. The lowest BCUT2D eigenvalue weighted by molar-refractivity contribution is -0.124. The molecule has 0 aromatic carbocycles. The molecule has 1 amide bonds. The molecule has 1 atom stereocenters. The topological polar surface area (TPSA) is 50.4 Å². The molecule has 0 spiro atoms. The lowest BCUT2D eigenvalue weighted by Crippen LogP contribution is -2.51. The molecule has 88 valence electrons. The Hall–Kier alpha value is -0.610. The molecular weight excluding hydrogens is 192 g/mol. The van der Waals surface area contributed by atoms with Crippen LogP contribution in [0.1, 0.15) is 33.1 Å². The van der Waals surface area contributed by atoms with Crippen molar-refractivity contribution in [3.8, 4) is 0 Å². The molecule has 1 aliphatic rings. The largest absolute Gasteiger partial charge is 0.379 e. The van der Waals surface area contributed by atoms with Crippen molar-refractivity contribution in [1.29, 1.82) is 0 Å². The van der Waals surface area contributed by atoms with Crippen LogP contribution < -0.4 is 10.6 Å². The molecule has 0 bridgehead atoms. The maximum absolute atomic E-state index is 11.6. The van der Waals surface area contributed by atoms with Crippen molar-refractivity contribution in [3.63, 3.8) is 0 Å². The predicted molar refractivity (Wildman–Crippen MR) is 59.8 cm³/mol. The zero-order valence-corrected chi connectivity index (χ0v) is 9.77. The number of carbonyl (C=O) groups excluding carboxylic acids is 1. The minimum atomic E-state index is -0.151. The second-order valence-electron chi connectivity index (χ2n) is 4.37. The lowest BCUT2D eigenvalue weighted by atomic mass is 9.95. The Morgan fingerprint density at radius 3 is 2.93 bits per heavy atom. The second-order valence-corrected chi connectivity index (χ2v) is 4.37. The molecule has 1 fully saturated rings. The first-order valence-corrected chi connectivity index (χ1v) is 5.76. The average molecular weight is 214 g/mol. The summed E-state index contributed by atoms with van der Waals surface area (Å²) in [5, 5.41) is 6.19. The number of hydrogen-bond acceptors (Lipinski definition) is 3. The maximum Gasteiger partial charge on any atom is 0.221 e. The Labute approximate surface area is 91.8 Å². The van der Waals surface area contributed by atoms with Gasteiger partial charge in [0.1, 0.15) is 0 Å². The van der Waals surface area contributed by atoms with Crippen LogP contribution in [-0.2, 0) is 9.53 Å². The maximum atomic E-state index is 11.6. The van der Waals surface area contributed by atoms with E-state index in [1.807, 2.05) is 6.92 Å². The minimum absolute atomic E-state index is 0.115. The first-order valence-electron chi connectivity index (χ1n) is 5.76. The van der Waals surface area contributed by atoms with Crippen molar-refractivity contribution in [3.05, 3.63) is 0 Å². The van der Waals surface area contributed by atoms with Crippen LogP contribution in [0.3, 0.4) is 0 Å². The molecule has 1 saturated heterocycles. The van der Waals surface area contributed by atoms with E-state index in [0.717, 1.165) is 32.5 Å². The van der Waals surface area contributed by atoms with Crippen molar-refractivity contribution in [2.24, 2.45) is 0 Å². The summed E-state index contributed by atoms with van der Waals surface area (Å²) in [5.74, 6) is 0.115. The number of rotatable bonds is 5. The van der Waals surface area contributed by atoms with E-state index in [4.69, 9.17) is 4.74 Å². The third-order valence-electron chi connectivity index (χ3n) is 2.66. The Balaban J connectivity index is 2.23. The molecule has 15 heavy (non-hydrogen) atoms. The van der Waals surface area contributed by atoms with Gasteiger partial charge in [-0.2, -0.15) is 0 Å². The summed E-state index contributed by atoms with van der Waals surface area (Å²) in [4.78, 5) is 11.6. The third-order valence-corrected chi connectivity index (χ3v) is 2.66. The fraction of sp³-hybridized carbons (Fsp3) is 0.909. The average Bonchev–Trinajstić information content (AvgIpc) is 2.18. The zero-order valence-electron chi connectivity index (χ0n) is 9.77. The molecule has 0 saturated carbocycles. The normalized spacial score (nSPS) is 26.3. The Bertz CT molecular complexity index is 201. The van der Waals surface area contributed by atoms with Crippen LogP contribution in [0, 0.1) is 0 Å². The molecule has 1 heterocycles. The summed E-state index contributed by atoms with van der Waals surface area (Å²) < 4.78 is 5.38. The van der Waals surface area contributed by atoms with E-state index in [1.54, 1.807) is 0 Å². The van der Waals surface area contributed by atoms with Crippen LogP contribution in [0.4, 0.5) is 0 Å². The van der Waals surface area contributed by atoms with E-state index in [9.17, 15) is 4.79 Å². The molecule has 2 N–H and O–H groups in total. The predicted octanol–water partition coefficient (Wildman–Crippen LogP) is 0.671. The van der Waals surface area contributed by atoms with E-state index >= 15 is 0 Å². The van der Waals surface area contributed by atoms with Gasteiger partial charge < -0.3 is 15.4 Å². The molecule has 1 rings (SSSR count). The van der Waals surface area contributed by atoms with E-state index in [-0.39, 0.29) is 11.4 Å². The van der Waals surface area contributed by atoms with Gasteiger partial charge in [-0.1, -0.05) is 6.92 Å². The van der Waals surface area contributed by atoms with Crippen LogP contribution in [0.15, 0.2) is 0 Å². The van der Waals surface area contributed by atoms with Gasteiger partial charge >= 0.3 is 0 Å². The number of nitrogens with one attached hydrogen (secondary N) is 2. The van der Waals surface area contributed by atoms with Crippen LogP contribution in [0.2, 0.25) is 0 Å². The summed E-state index contributed by atoms with van der Waals surface area (Å²) in [7, 11) is 0. The van der Waals surface area contributed by atoms with Gasteiger partial charge in [0.05, 0.1) is 12.1 Å². The quantitative estimate of drug-likeness (QED) is 0.661. The smallest absolute Gasteiger partial charge is 0.221 e. The van der Waals surface area contributed by atoms with E-state index < -0.39 is 0 Å². The van der Waals surface area contributed by atoms with Gasteiger partial charge in [-0.25, -0.2) is 0 Å². The van der Waals surface area contributed by atoms with Gasteiger partial charge in [0.25, 0.3) is 0 Å². The number of ether oxygens (including phenoxy) is 1. The van der Waals surface area contributed by atoms with Gasteiger partial charge in [0.15, 0.2) is 0 Å². The second kappa shape index (κ2) is 6.08. The van der Waals surface area contributed by atoms with Crippen molar-refractivity contribution < 1.29 is 9.53 Å². The Morgan fingerprint density at radius 1 is 1.53 bits per heavy atom. The molecular formula is C11H22N2O2. The zero-order chi connectivity index (χ0) is 11.1. The van der Waals surface area contributed by atoms with Crippen LogP contribution in [0.5, 0.6) is 0 Å². The monoisotopic (exact) mass is 214 g/mol. The summed E-state index contributed by atoms with van der Waals surface area (Å²) >= 11 is 0. The van der Waals surface area contributed by atoms with Crippen molar-refractivity contribution >= 4 is 5.91 Å². The van der Waals surface area contributed by atoms with Gasteiger partial charge in [-0.3, -0.25) is 4.79 Å². The third kappa shape index (κ3) is 4.62. The highest BCUT2D eigenvalue weighted by molar-refractivity contribution is 5.76. The number of hydrogen-bond donors (Lipinski definition) is 2. The number of carbonyl (C=O) groups is 1. The summed E-state index contributed by atoms with van der Waals surface area (Å²) in [5.41, 5.74) is -0.151. The highest BCUT2D eigenvalue weighted by Crippen LogP contribution is 2.18. The van der Waals surface area contributed by atoms with Crippen LogP contribution in [0.25, 0.3) is 0 Å². The van der Waals surface area contributed by atoms with Gasteiger partial charge in [0, 0.05) is 19.6 Å². The van der Waals surface area contributed by atoms with Crippen molar-refractivity contribution in [1.82, 2.24) is 10.6 Å². The standard InChI is InChI=1S/C11H22N2O2/c1-3-12-7-5-10(14)13-11(2)6-4-8-15-9-11/h12H,3-9H2,1-2H3,(H,13,14). The van der Waals surface area contributed by atoms with Crippen LogP contribution >= 0.6 is 0 Å². The van der Waals surface area contributed by atoms with Crippen molar-refractivity contribution in [2.75, 3.05) is 26.3 Å². The highest BCUT2D eigenvalue weighted by Gasteiger charge is 2.28. The Kier molecular flexibility index (Phi) is 5.05. The minimum Gasteiger partial charge on any atom is -0.379 e. The first kappa shape index (κ1) is 12.5. The van der Waals surface area contributed by atoms with Crippen molar-refractivity contribution in [2.45, 2.75) is 38.6 Å². The molecule has 1 unspecified atom stereocenters.